The minimum Gasteiger partial charge on any atom is -0.496 e. The lowest BCUT2D eigenvalue weighted by atomic mass is 10.1. The molecule has 1 unspecified atom stereocenters. The van der Waals surface area contributed by atoms with Crippen LogP contribution in [0.15, 0.2) is 40.8 Å². The van der Waals surface area contributed by atoms with Crippen LogP contribution in [0.2, 0.25) is 0 Å². The molecule has 0 saturated heterocycles. The summed E-state index contributed by atoms with van der Waals surface area (Å²) in [4.78, 5) is 9.98. The van der Waals surface area contributed by atoms with Gasteiger partial charge >= 0.3 is 5.88 Å². The van der Waals surface area contributed by atoms with Gasteiger partial charge in [0.25, 0.3) is 0 Å². The van der Waals surface area contributed by atoms with Crippen LogP contribution in [0.5, 0.6) is 5.75 Å². The van der Waals surface area contributed by atoms with Crippen molar-refractivity contribution < 1.29 is 14.1 Å². The molecule has 1 heterocycles. The molecule has 1 aromatic heterocycles. The average molecular weight is 276 g/mol. The largest absolute Gasteiger partial charge is 0.496 e. The van der Waals surface area contributed by atoms with E-state index in [0.717, 1.165) is 11.3 Å². The van der Waals surface area contributed by atoms with Crippen LogP contribution >= 0.6 is 0 Å². The maximum atomic E-state index is 10.5. The normalized spacial score (nSPS) is 12.1. The van der Waals surface area contributed by atoms with Crippen molar-refractivity contribution in [3.8, 4) is 5.75 Å². The van der Waals surface area contributed by atoms with Crippen molar-refractivity contribution in [2.75, 3.05) is 7.11 Å². The Bertz CT molecular complexity index is 594. The van der Waals surface area contributed by atoms with Crippen molar-refractivity contribution >= 4 is 5.88 Å². The summed E-state index contributed by atoms with van der Waals surface area (Å²) < 4.78 is 10.4. The van der Waals surface area contributed by atoms with Gasteiger partial charge in [-0.25, -0.2) is 0 Å². The predicted molar refractivity (Wildman–Crippen MR) is 73.6 cm³/mol. The quantitative estimate of drug-likeness (QED) is 0.648. The molecule has 6 nitrogen and oxygen atoms in total. The van der Waals surface area contributed by atoms with Crippen LogP contribution in [0.25, 0.3) is 0 Å². The number of hydrogen-bond acceptors (Lipinski definition) is 5. The third-order valence-electron chi connectivity index (χ3n) is 3.02. The maximum absolute atomic E-state index is 10.5. The van der Waals surface area contributed by atoms with Crippen molar-refractivity contribution in [3.05, 3.63) is 57.8 Å². The average Bonchev–Trinajstić information content (AvgIpc) is 2.94. The van der Waals surface area contributed by atoms with Gasteiger partial charge in [-0.15, -0.1) is 0 Å². The second-order valence-electron chi connectivity index (χ2n) is 4.34. The molecular weight excluding hydrogens is 260 g/mol. The van der Waals surface area contributed by atoms with Crippen molar-refractivity contribution in [2.45, 2.75) is 19.5 Å². The Hall–Kier alpha value is -2.34. The van der Waals surface area contributed by atoms with Crippen LogP contribution in [0.3, 0.4) is 0 Å². The topological polar surface area (TPSA) is 77.5 Å². The zero-order valence-electron chi connectivity index (χ0n) is 11.3. The number of nitrogens with zero attached hydrogens (tertiary/aromatic N) is 1. The molecule has 6 heteroatoms. The van der Waals surface area contributed by atoms with Crippen LogP contribution in [-0.2, 0) is 6.54 Å². The first-order valence-electron chi connectivity index (χ1n) is 6.21. The SMILES string of the molecule is COc1ccccc1C(C)NCc1ccc([N+](=O)[O-])o1. The van der Waals surface area contributed by atoms with E-state index >= 15 is 0 Å². The number of rotatable bonds is 6. The lowest BCUT2D eigenvalue weighted by molar-refractivity contribution is -0.402. The molecule has 1 N–H and O–H groups in total. The van der Waals surface area contributed by atoms with E-state index in [4.69, 9.17) is 9.15 Å². The molecule has 0 fully saturated rings. The van der Waals surface area contributed by atoms with Gasteiger partial charge in [0, 0.05) is 11.6 Å². The van der Waals surface area contributed by atoms with E-state index in [1.807, 2.05) is 31.2 Å². The number of furan rings is 1. The van der Waals surface area contributed by atoms with Gasteiger partial charge in [0.1, 0.15) is 16.4 Å². The Morgan fingerprint density at radius 2 is 2.10 bits per heavy atom. The zero-order chi connectivity index (χ0) is 14.5. The smallest absolute Gasteiger partial charge is 0.433 e. The molecule has 2 aromatic rings. The second kappa shape index (κ2) is 6.21. The highest BCUT2D eigenvalue weighted by Gasteiger charge is 2.14. The molecule has 0 spiro atoms. The molecule has 0 radical (unpaired) electrons. The number of para-hydroxylation sites is 1. The van der Waals surface area contributed by atoms with E-state index < -0.39 is 4.92 Å². The molecule has 0 amide bonds. The Labute approximate surface area is 116 Å². The second-order valence-corrected chi connectivity index (χ2v) is 4.34. The Morgan fingerprint density at radius 3 is 2.75 bits per heavy atom. The summed E-state index contributed by atoms with van der Waals surface area (Å²) in [6.45, 7) is 2.41. The monoisotopic (exact) mass is 276 g/mol. The highest BCUT2D eigenvalue weighted by molar-refractivity contribution is 5.35. The standard InChI is InChI=1S/C14H16N2O4/c1-10(12-5-3-4-6-13(12)19-2)15-9-11-7-8-14(20-11)16(17)18/h3-8,10,15H,9H2,1-2H3. The van der Waals surface area contributed by atoms with Crippen LogP contribution in [0.4, 0.5) is 5.88 Å². The van der Waals surface area contributed by atoms with Gasteiger partial charge in [0.05, 0.1) is 19.7 Å². The van der Waals surface area contributed by atoms with Gasteiger partial charge in [-0.1, -0.05) is 18.2 Å². The van der Waals surface area contributed by atoms with Crippen LogP contribution in [-0.4, -0.2) is 12.0 Å². The fraction of sp³-hybridized carbons (Fsp3) is 0.286. The van der Waals surface area contributed by atoms with Crippen LogP contribution in [0, 0.1) is 10.1 Å². The predicted octanol–water partition coefficient (Wildman–Crippen LogP) is 3.05. The first-order chi connectivity index (χ1) is 9.61. The molecule has 20 heavy (non-hydrogen) atoms. The summed E-state index contributed by atoms with van der Waals surface area (Å²) in [5.74, 6) is 1.09. The highest BCUT2D eigenvalue weighted by Crippen LogP contribution is 2.25. The van der Waals surface area contributed by atoms with Gasteiger partial charge in [0.2, 0.25) is 0 Å². The van der Waals surface area contributed by atoms with E-state index in [9.17, 15) is 10.1 Å². The first kappa shape index (κ1) is 14.1. The van der Waals surface area contributed by atoms with Crippen molar-refractivity contribution in [2.24, 2.45) is 0 Å². The molecule has 1 aromatic carbocycles. The minimum atomic E-state index is -0.548. The number of ether oxygens (including phenoxy) is 1. The third-order valence-corrected chi connectivity index (χ3v) is 3.02. The van der Waals surface area contributed by atoms with E-state index in [-0.39, 0.29) is 11.9 Å². The molecule has 0 bridgehead atoms. The molecule has 2 rings (SSSR count). The number of benzene rings is 1. The van der Waals surface area contributed by atoms with Gasteiger partial charge in [-0.2, -0.15) is 0 Å². The van der Waals surface area contributed by atoms with Crippen LogP contribution < -0.4 is 10.1 Å². The van der Waals surface area contributed by atoms with Gasteiger partial charge < -0.3 is 14.5 Å². The number of nitro groups is 1. The molecular formula is C14H16N2O4. The summed E-state index contributed by atoms with van der Waals surface area (Å²) in [6, 6.07) is 10.7. The fourth-order valence-corrected chi connectivity index (χ4v) is 1.95. The summed E-state index contributed by atoms with van der Waals surface area (Å²) in [5.41, 5.74) is 1.02. The summed E-state index contributed by atoms with van der Waals surface area (Å²) in [5, 5.41) is 13.8. The van der Waals surface area contributed by atoms with E-state index in [1.54, 1.807) is 13.2 Å². The van der Waals surface area contributed by atoms with E-state index in [0.29, 0.717) is 12.3 Å². The van der Waals surface area contributed by atoms with Gasteiger partial charge in [-0.3, -0.25) is 10.1 Å². The zero-order valence-corrected chi connectivity index (χ0v) is 11.3. The highest BCUT2D eigenvalue weighted by atomic mass is 16.6. The Morgan fingerprint density at radius 1 is 1.35 bits per heavy atom. The molecule has 0 aliphatic carbocycles. The summed E-state index contributed by atoms with van der Waals surface area (Å²) >= 11 is 0. The third kappa shape index (κ3) is 3.16. The Balaban J connectivity index is 2.00. The summed E-state index contributed by atoms with van der Waals surface area (Å²) in [6.07, 6.45) is 0. The fourth-order valence-electron chi connectivity index (χ4n) is 1.95. The van der Waals surface area contributed by atoms with Crippen molar-refractivity contribution in [3.63, 3.8) is 0 Å². The molecule has 0 aliphatic rings. The molecule has 0 saturated carbocycles. The molecule has 106 valence electrons. The molecule has 1 atom stereocenters. The molecule has 0 aliphatic heterocycles. The van der Waals surface area contributed by atoms with Gasteiger partial charge in [-0.05, 0) is 19.1 Å². The number of hydrogen-bond donors (Lipinski definition) is 1. The van der Waals surface area contributed by atoms with E-state index in [2.05, 4.69) is 5.32 Å². The first-order valence-corrected chi connectivity index (χ1v) is 6.21. The lowest BCUT2D eigenvalue weighted by Gasteiger charge is -2.16. The Kier molecular flexibility index (Phi) is 4.37. The lowest BCUT2D eigenvalue weighted by Crippen LogP contribution is -2.18. The van der Waals surface area contributed by atoms with E-state index in [1.165, 1.54) is 6.07 Å². The number of methoxy groups -OCH3 is 1. The minimum absolute atomic E-state index is 0.0373. The van der Waals surface area contributed by atoms with Gasteiger partial charge in [0.15, 0.2) is 0 Å². The maximum Gasteiger partial charge on any atom is 0.433 e. The summed E-state index contributed by atoms with van der Waals surface area (Å²) in [7, 11) is 1.63. The van der Waals surface area contributed by atoms with Crippen LogP contribution in [0.1, 0.15) is 24.3 Å². The number of nitrogens with one attached hydrogen (secondary N) is 1. The van der Waals surface area contributed by atoms with Crippen molar-refractivity contribution in [1.29, 1.82) is 0 Å². The van der Waals surface area contributed by atoms with Crippen molar-refractivity contribution in [1.82, 2.24) is 5.32 Å².